The van der Waals surface area contributed by atoms with Gasteiger partial charge in [0, 0.05) is 36.1 Å². The van der Waals surface area contributed by atoms with E-state index in [0.29, 0.717) is 12.5 Å². The average molecular weight is 232 g/mol. The van der Waals surface area contributed by atoms with E-state index in [0.717, 1.165) is 30.2 Å². The van der Waals surface area contributed by atoms with Crippen molar-refractivity contribution in [3.8, 4) is 0 Å². The summed E-state index contributed by atoms with van der Waals surface area (Å²) in [5.74, 6) is 0.278. The quantitative estimate of drug-likeness (QED) is 0.805. The Labute approximate surface area is 100 Å². The second-order valence-electron chi connectivity index (χ2n) is 4.91. The van der Waals surface area contributed by atoms with E-state index < -0.39 is 0 Å². The van der Waals surface area contributed by atoms with E-state index in [2.05, 4.69) is 11.6 Å². The van der Waals surface area contributed by atoms with Gasteiger partial charge in [-0.3, -0.25) is 0 Å². The summed E-state index contributed by atoms with van der Waals surface area (Å²) in [5.41, 5.74) is 9.60. The maximum Gasteiger partial charge on any atom is 0.123 e. The van der Waals surface area contributed by atoms with Gasteiger partial charge in [0.25, 0.3) is 0 Å². The number of rotatable bonds is 1. The van der Waals surface area contributed by atoms with E-state index in [1.54, 1.807) is 6.07 Å². The molecule has 1 atom stereocenters. The number of halogens is 1. The molecule has 2 nitrogen and oxygen atoms in total. The molecule has 0 amide bonds. The number of fused-ring (bicyclic) bond motifs is 3. The molecule has 0 radical (unpaired) electrons. The molecule has 17 heavy (non-hydrogen) atoms. The predicted molar refractivity (Wildman–Crippen MR) is 67.6 cm³/mol. The highest BCUT2D eigenvalue weighted by atomic mass is 19.1. The van der Waals surface area contributed by atoms with E-state index in [1.807, 2.05) is 6.07 Å². The van der Waals surface area contributed by atoms with Gasteiger partial charge in [0.15, 0.2) is 0 Å². The molecule has 0 bridgehead atoms. The minimum atomic E-state index is -0.152. The zero-order chi connectivity index (χ0) is 12.0. The van der Waals surface area contributed by atoms with Crippen LogP contribution in [0.5, 0.6) is 0 Å². The van der Waals surface area contributed by atoms with Crippen molar-refractivity contribution in [3.05, 3.63) is 35.3 Å². The first-order valence-electron chi connectivity index (χ1n) is 6.19. The Balaban J connectivity index is 2.33. The Morgan fingerprint density at radius 1 is 1.47 bits per heavy atom. The monoisotopic (exact) mass is 232 g/mol. The van der Waals surface area contributed by atoms with E-state index in [1.165, 1.54) is 17.3 Å². The maximum absolute atomic E-state index is 13.4. The van der Waals surface area contributed by atoms with Crippen molar-refractivity contribution < 1.29 is 4.39 Å². The number of nitrogens with zero attached hydrogens (tertiary/aromatic N) is 1. The average Bonchev–Trinajstić information content (AvgIpc) is 2.63. The summed E-state index contributed by atoms with van der Waals surface area (Å²) in [4.78, 5) is 0. The third-order valence-electron chi connectivity index (χ3n) is 3.97. The molecule has 3 heteroatoms. The highest BCUT2D eigenvalue weighted by Gasteiger charge is 2.25. The van der Waals surface area contributed by atoms with Crippen LogP contribution in [0.3, 0.4) is 0 Å². The first-order valence-corrected chi connectivity index (χ1v) is 6.19. The van der Waals surface area contributed by atoms with Crippen LogP contribution < -0.4 is 5.73 Å². The molecule has 90 valence electrons. The molecule has 1 aliphatic rings. The Morgan fingerprint density at radius 2 is 2.29 bits per heavy atom. The van der Waals surface area contributed by atoms with Gasteiger partial charge in [-0.1, -0.05) is 0 Å². The van der Waals surface area contributed by atoms with Crippen LogP contribution in [0.2, 0.25) is 0 Å². The summed E-state index contributed by atoms with van der Waals surface area (Å²) < 4.78 is 15.6. The molecule has 1 unspecified atom stereocenters. The maximum atomic E-state index is 13.4. The summed E-state index contributed by atoms with van der Waals surface area (Å²) in [6.45, 7) is 0.680. The number of nitrogens with two attached hydrogens (primary N) is 1. The number of benzene rings is 1. The van der Waals surface area contributed by atoms with Gasteiger partial charge in [-0.15, -0.1) is 0 Å². The Bertz CT molecular complexity index is 571. The number of aromatic nitrogens is 1. The van der Waals surface area contributed by atoms with Crippen molar-refractivity contribution in [3.63, 3.8) is 0 Å². The molecule has 0 spiro atoms. The first kappa shape index (κ1) is 10.8. The highest BCUT2D eigenvalue weighted by Crippen LogP contribution is 2.37. The van der Waals surface area contributed by atoms with E-state index in [4.69, 9.17) is 5.73 Å². The van der Waals surface area contributed by atoms with Gasteiger partial charge in [0.1, 0.15) is 5.82 Å². The Morgan fingerprint density at radius 3 is 3.06 bits per heavy atom. The summed E-state index contributed by atoms with van der Waals surface area (Å²) >= 11 is 0. The first-order chi connectivity index (χ1) is 8.22. The van der Waals surface area contributed by atoms with Crippen LogP contribution in [-0.2, 0) is 13.5 Å². The van der Waals surface area contributed by atoms with Crippen LogP contribution in [0.15, 0.2) is 18.2 Å². The zero-order valence-electron chi connectivity index (χ0n) is 10.0. The van der Waals surface area contributed by atoms with Crippen LogP contribution in [-0.4, -0.2) is 11.1 Å². The fraction of sp³-hybridized carbons (Fsp3) is 0.429. The van der Waals surface area contributed by atoms with Crippen molar-refractivity contribution in [2.75, 3.05) is 6.54 Å². The van der Waals surface area contributed by atoms with Gasteiger partial charge in [0.05, 0.1) is 0 Å². The molecule has 0 aliphatic heterocycles. The molecule has 2 aromatic rings. The minimum Gasteiger partial charge on any atom is -0.347 e. The summed E-state index contributed by atoms with van der Waals surface area (Å²) in [6, 6.07) is 5.06. The molecule has 0 saturated heterocycles. The van der Waals surface area contributed by atoms with Crippen LogP contribution >= 0.6 is 0 Å². The third-order valence-corrected chi connectivity index (χ3v) is 3.97. The lowest BCUT2D eigenvalue weighted by Gasteiger charge is -2.23. The minimum absolute atomic E-state index is 0.152. The van der Waals surface area contributed by atoms with Gasteiger partial charge in [-0.25, -0.2) is 4.39 Å². The van der Waals surface area contributed by atoms with Crippen LogP contribution in [0.4, 0.5) is 4.39 Å². The molecule has 1 aliphatic carbocycles. The molecular formula is C14H17FN2. The molecule has 0 saturated carbocycles. The van der Waals surface area contributed by atoms with Gasteiger partial charge in [-0.2, -0.15) is 0 Å². The second kappa shape index (κ2) is 3.84. The SMILES string of the molecule is Cn1c2c(c3cc(F)ccc31)CCCC2CN. The normalized spacial score (nSPS) is 19.6. The van der Waals surface area contributed by atoms with Crippen molar-refractivity contribution in [2.45, 2.75) is 25.2 Å². The van der Waals surface area contributed by atoms with Gasteiger partial charge >= 0.3 is 0 Å². The van der Waals surface area contributed by atoms with E-state index in [9.17, 15) is 4.39 Å². The van der Waals surface area contributed by atoms with Crippen LogP contribution in [0, 0.1) is 5.82 Å². The van der Waals surface area contributed by atoms with Gasteiger partial charge in [-0.05, 0) is 43.0 Å². The smallest absolute Gasteiger partial charge is 0.123 e. The van der Waals surface area contributed by atoms with Gasteiger partial charge < -0.3 is 10.3 Å². The lowest BCUT2D eigenvalue weighted by atomic mass is 9.87. The lowest BCUT2D eigenvalue weighted by Crippen LogP contribution is -2.20. The topological polar surface area (TPSA) is 30.9 Å². The molecule has 0 fully saturated rings. The molecular weight excluding hydrogens is 215 g/mol. The Kier molecular flexibility index (Phi) is 2.44. The van der Waals surface area contributed by atoms with Crippen molar-refractivity contribution in [1.82, 2.24) is 4.57 Å². The Hall–Kier alpha value is -1.35. The standard InChI is InChI=1S/C14H17FN2/c1-17-13-6-5-10(15)7-12(13)11-4-2-3-9(8-16)14(11)17/h5-7,9H,2-4,8,16H2,1H3. The molecule has 1 aromatic heterocycles. The fourth-order valence-corrected chi connectivity index (χ4v) is 3.19. The van der Waals surface area contributed by atoms with Crippen molar-refractivity contribution >= 4 is 10.9 Å². The van der Waals surface area contributed by atoms with E-state index in [-0.39, 0.29) is 5.82 Å². The van der Waals surface area contributed by atoms with Crippen molar-refractivity contribution in [2.24, 2.45) is 12.8 Å². The summed E-state index contributed by atoms with van der Waals surface area (Å²) in [7, 11) is 2.06. The summed E-state index contributed by atoms with van der Waals surface area (Å²) in [5, 5.41) is 1.07. The van der Waals surface area contributed by atoms with Crippen LogP contribution in [0.25, 0.3) is 10.9 Å². The largest absolute Gasteiger partial charge is 0.347 e. The van der Waals surface area contributed by atoms with Crippen LogP contribution in [0.1, 0.15) is 30.0 Å². The molecule has 3 rings (SSSR count). The second-order valence-corrected chi connectivity index (χ2v) is 4.91. The third kappa shape index (κ3) is 1.49. The predicted octanol–water partition coefficient (Wildman–Crippen LogP) is 2.70. The summed E-state index contributed by atoms with van der Waals surface area (Å²) in [6.07, 6.45) is 3.35. The number of hydrogen-bond donors (Lipinski definition) is 1. The molecule has 1 aromatic carbocycles. The fourth-order valence-electron chi connectivity index (χ4n) is 3.19. The molecule has 1 heterocycles. The van der Waals surface area contributed by atoms with Gasteiger partial charge in [0.2, 0.25) is 0 Å². The number of hydrogen-bond acceptors (Lipinski definition) is 1. The highest BCUT2D eigenvalue weighted by molar-refractivity contribution is 5.86. The van der Waals surface area contributed by atoms with E-state index >= 15 is 0 Å². The number of aryl methyl sites for hydroxylation is 2. The zero-order valence-corrected chi connectivity index (χ0v) is 10.0. The van der Waals surface area contributed by atoms with Crippen molar-refractivity contribution in [1.29, 1.82) is 0 Å². The lowest BCUT2D eigenvalue weighted by molar-refractivity contribution is 0.534. The molecule has 2 N–H and O–H groups in total.